The number of amides is 1. The smallest absolute Gasteiger partial charge is 0.240 e. The Morgan fingerprint density at radius 1 is 1.28 bits per heavy atom. The molecular formula is C19H31N5O. The predicted octanol–water partition coefficient (Wildman–Crippen LogP) is 1.64. The number of piperidine rings is 1. The lowest BCUT2D eigenvalue weighted by Gasteiger charge is -2.45. The molecule has 1 spiro atoms. The van der Waals surface area contributed by atoms with E-state index in [9.17, 15) is 4.79 Å². The SMILES string of the molecule is CN1CCC(N(C)C(=O)C2Cc3[nH]cnc3C3(CCCCC3)N2)CC1. The van der Waals surface area contributed by atoms with E-state index in [0.29, 0.717) is 6.04 Å². The van der Waals surface area contributed by atoms with Gasteiger partial charge in [0.15, 0.2) is 0 Å². The van der Waals surface area contributed by atoms with Crippen molar-refractivity contribution in [2.24, 2.45) is 0 Å². The summed E-state index contributed by atoms with van der Waals surface area (Å²) in [6, 6.07) is 0.242. The Hall–Kier alpha value is -1.40. The van der Waals surface area contributed by atoms with E-state index in [1.54, 1.807) is 6.33 Å². The van der Waals surface area contributed by atoms with E-state index in [0.717, 1.165) is 56.6 Å². The molecule has 6 heteroatoms. The molecule has 1 unspecified atom stereocenters. The fraction of sp³-hybridized carbons (Fsp3) is 0.789. The number of hydrogen-bond donors (Lipinski definition) is 2. The summed E-state index contributed by atoms with van der Waals surface area (Å²) in [6.45, 7) is 2.16. The van der Waals surface area contributed by atoms with Crippen LogP contribution in [-0.2, 0) is 16.8 Å². The Morgan fingerprint density at radius 3 is 2.72 bits per heavy atom. The molecule has 4 rings (SSSR count). The van der Waals surface area contributed by atoms with Gasteiger partial charge in [0, 0.05) is 25.2 Å². The molecule has 0 radical (unpaired) electrons. The standard InChI is InChI=1S/C19H31N5O/c1-23-10-6-14(7-11-23)24(2)18(25)16-12-15-17(21-13-20-15)19(22-16)8-4-3-5-9-19/h13-14,16,22H,3-12H2,1-2H3,(H,20,21). The van der Waals surface area contributed by atoms with Crippen LogP contribution in [0.2, 0.25) is 0 Å². The molecule has 2 aliphatic heterocycles. The van der Waals surface area contributed by atoms with E-state index >= 15 is 0 Å². The van der Waals surface area contributed by atoms with Crippen LogP contribution < -0.4 is 5.32 Å². The van der Waals surface area contributed by atoms with Gasteiger partial charge >= 0.3 is 0 Å². The quantitative estimate of drug-likeness (QED) is 0.855. The van der Waals surface area contributed by atoms with Crippen molar-refractivity contribution >= 4 is 5.91 Å². The molecule has 0 aromatic carbocycles. The Labute approximate surface area is 150 Å². The minimum absolute atomic E-state index is 0.0974. The molecular weight excluding hydrogens is 314 g/mol. The van der Waals surface area contributed by atoms with Crippen LogP contribution in [0.1, 0.15) is 56.3 Å². The van der Waals surface area contributed by atoms with E-state index in [1.165, 1.54) is 19.3 Å². The van der Waals surface area contributed by atoms with Crippen molar-refractivity contribution in [2.75, 3.05) is 27.2 Å². The van der Waals surface area contributed by atoms with Gasteiger partial charge in [0.2, 0.25) is 5.91 Å². The number of imidazole rings is 1. The average molecular weight is 345 g/mol. The Kier molecular flexibility index (Phi) is 4.58. The van der Waals surface area contributed by atoms with Gasteiger partial charge < -0.3 is 14.8 Å². The first kappa shape index (κ1) is 17.0. The number of likely N-dealkylation sites (tertiary alicyclic amines) is 1. The molecule has 6 nitrogen and oxygen atoms in total. The molecule has 1 aromatic rings. The number of nitrogens with zero attached hydrogens (tertiary/aromatic N) is 3. The number of carbonyl (C=O) groups is 1. The second-order valence-electron chi connectivity index (χ2n) is 8.26. The van der Waals surface area contributed by atoms with Crippen molar-refractivity contribution in [1.29, 1.82) is 0 Å². The number of H-pyrrole nitrogens is 1. The van der Waals surface area contributed by atoms with Crippen LogP contribution in [-0.4, -0.2) is 64.9 Å². The summed E-state index contributed by atoms with van der Waals surface area (Å²) in [7, 11) is 4.16. The second kappa shape index (κ2) is 6.72. The number of likely N-dealkylation sites (N-methyl/N-ethyl adjacent to an activating group) is 1. The van der Waals surface area contributed by atoms with Gasteiger partial charge in [0.1, 0.15) is 0 Å². The molecule has 25 heavy (non-hydrogen) atoms. The number of aromatic amines is 1. The maximum atomic E-state index is 13.3. The van der Waals surface area contributed by atoms with Crippen LogP contribution in [0, 0.1) is 0 Å². The fourth-order valence-electron chi connectivity index (χ4n) is 5.04. The normalized spacial score (nSPS) is 27.2. The molecule has 2 fully saturated rings. The number of rotatable bonds is 2. The van der Waals surface area contributed by atoms with Gasteiger partial charge in [-0.1, -0.05) is 19.3 Å². The predicted molar refractivity (Wildman–Crippen MR) is 97.3 cm³/mol. The van der Waals surface area contributed by atoms with Crippen LogP contribution >= 0.6 is 0 Å². The number of fused-ring (bicyclic) bond motifs is 2. The summed E-state index contributed by atoms with van der Waals surface area (Å²) in [5, 5.41) is 3.76. The third-order valence-corrected chi connectivity index (χ3v) is 6.62. The van der Waals surface area contributed by atoms with E-state index in [-0.39, 0.29) is 17.5 Å². The molecule has 1 saturated heterocycles. The van der Waals surface area contributed by atoms with Crippen molar-refractivity contribution in [2.45, 2.75) is 69.0 Å². The number of carbonyl (C=O) groups excluding carboxylic acids is 1. The molecule has 1 atom stereocenters. The number of nitrogens with one attached hydrogen (secondary N) is 2. The topological polar surface area (TPSA) is 64.3 Å². The minimum Gasteiger partial charge on any atom is -0.348 e. The summed E-state index contributed by atoms with van der Waals surface area (Å²) >= 11 is 0. The maximum absolute atomic E-state index is 13.3. The highest BCUT2D eigenvalue weighted by Gasteiger charge is 2.45. The lowest BCUT2D eigenvalue weighted by atomic mass is 9.75. The van der Waals surface area contributed by atoms with Crippen molar-refractivity contribution in [3.05, 3.63) is 17.7 Å². The highest BCUT2D eigenvalue weighted by molar-refractivity contribution is 5.82. The Balaban J connectivity index is 1.52. The minimum atomic E-state index is -0.129. The third kappa shape index (κ3) is 3.10. The maximum Gasteiger partial charge on any atom is 0.240 e. The summed E-state index contributed by atoms with van der Waals surface area (Å²) < 4.78 is 0. The first-order valence-corrected chi connectivity index (χ1v) is 9.85. The van der Waals surface area contributed by atoms with Crippen LogP contribution in [0.15, 0.2) is 6.33 Å². The summed E-state index contributed by atoms with van der Waals surface area (Å²) in [4.78, 5) is 25.5. The second-order valence-corrected chi connectivity index (χ2v) is 8.26. The molecule has 1 saturated carbocycles. The van der Waals surface area contributed by atoms with Gasteiger partial charge in [0.05, 0.1) is 23.6 Å². The zero-order chi connectivity index (χ0) is 17.4. The molecule has 2 N–H and O–H groups in total. The zero-order valence-electron chi connectivity index (χ0n) is 15.6. The molecule has 0 bridgehead atoms. The van der Waals surface area contributed by atoms with Crippen molar-refractivity contribution in [3.63, 3.8) is 0 Å². The molecule has 3 aliphatic rings. The van der Waals surface area contributed by atoms with Crippen LogP contribution in [0.25, 0.3) is 0 Å². The van der Waals surface area contributed by atoms with Gasteiger partial charge in [-0.05, 0) is 45.8 Å². The van der Waals surface area contributed by atoms with Crippen molar-refractivity contribution in [1.82, 2.24) is 25.1 Å². The van der Waals surface area contributed by atoms with Crippen LogP contribution in [0.3, 0.4) is 0 Å². The summed E-state index contributed by atoms with van der Waals surface area (Å²) in [5.41, 5.74) is 2.23. The monoisotopic (exact) mass is 345 g/mol. The highest BCUT2D eigenvalue weighted by atomic mass is 16.2. The van der Waals surface area contributed by atoms with Gasteiger partial charge in [-0.25, -0.2) is 4.98 Å². The fourth-order valence-corrected chi connectivity index (χ4v) is 5.04. The first-order chi connectivity index (χ1) is 12.1. The first-order valence-electron chi connectivity index (χ1n) is 9.85. The van der Waals surface area contributed by atoms with Crippen LogP contribution in [0.5, 0.6) is 0 Å². The Bertz CT molecular complexity index is 613. The number of hydrogen-bond acceptors (Lipinski definition) is 4. The van der Waals surface area contributed by atoms with Crippen molar-refractivity contribution < 1.29 is 4.79 Å². The molecule has 1 aliphatic carbocycles. The van der Waals surface area contributed by atoms with E-state index in [1.807, 2.05) is 11.9 Å². The van der Waals surface area contributed by atoms with E-state index in [4.69, 9.17) is 0 Å². The zero-order valence-corrected chi connectivity index (χ0v) is 15.6. The number of aromatic nitrogens is 2. The van der Waals surface area contributed by atoms with Gasteiger partial charge in [-0.15, -0.1) is 0 Å². The highest BCUT2D eigenvalue weighted by Crippen LogP contribution is 2.40. The molecule has 3 heterocycles. The van der Waals surface area contributed by atoms with Crippen LogP contribution in [0.4, 0.5) is 0 Å². The van der Waals surface area contributed by atoms with Gasteiger partial charge in [-0.3, -0.25) is 10.1 Å². The largest absolute Gasteiger partial charge is 0.348 e. The molecule has 1 aromatic heterocycles. The van der Waals surface area contributed by atoms with Gasteiger partial charge in [-0.2, -0.15) is 0 Å². The third-order valence-electron chi connectivity index (χ3n) is 6.62. The molecule has 138 valence electrons. The summed E-state index contributed by atoms with van der Waals surface area (Å²) in [6.07, 6.45) is 10.6. The van der Waals surface area contributed by atoms with E-state index in [2.05, 4.69) is 27.2 Å². The van der Waals surface area contributed by atoms with Crippen molar-refractivity contribution in [3.8, 4) is 0 Å². The summed E-state index contributed by atoms with van der Waals surface area (Å²) in [5.74, 6) is 0.250. The lowest BCUT2D eigenvalue weighted by Crippen LogP contribution is -2.60. The van der Waals surface area contributed by atoms with Gasteiger partial charge in [0.25, 0.3) is 0 Å². The Morgan fingerprint density at radius 2 is 2.00 bits per heavy atom. The lowest BCUT2D eigenvalue weighted by molar-refractivity contribution is -0.136. The van der Waals surface area contributed by atoms with E-state index < -0.39 is 0 Å². The average Bonchev–Trinajstić information content (AvgIpc) is 3.11. The molecule has 1 amide bonds.